The van der Waals surface area contributed by atoms with Gasteiger partial charge < -0.3 is 15.9 Å². The molecule has 0 aliphatic rings. The molecule has 0 saturated carbocycles. The van der Waals surface area contributed by atoms with E-state index in [1.165, 1.54) is 12.1 Å². The topological polar surface area (TPSA) is 101 Å². The van der Waals surface area contributed by atoms with Gasteiger partial charge in [0.25, 0.3) is 0 Å². The molecule has 0 heterocycles. The molecule has 0 bridgehead atoms. The summed E-state index contributed by atoms with van der Waals surface area (Å²) >= 11 is 0. The van der Waals surface area contributed by atoms with Crippen LogP contribution in [0.1, 0.15) is 20.7 Å². The number of nitrogens with two attached hydrogens (primary N) is 1. The number of aromatic carboxylic acids is 2. The van der Waals surface area contributed by atoms with Crippen molar-refractivity contribution >= 4 is 17.6 Å². The number of carboxylic acids is 2. The van der Waals surface area contributed by atoms with E-state index in [0.717, 1.165) is 6.07 Å². The molecule has 0 atom stereocenters. The molecule has 76 valence electrons. The van der Waals surface area contributed by atoms with Gasteiger partial charge in [0.2, 0.25) is 0 Å². The van der Waals surface area contributed by atoms with Crippen LogP contribution in [0.5, 0.6) is 0 Å². The molecule has 1 aromatic rings. The first-order valence-corrected chi connectivity index (χ1v) is 3.38. The van der Waals surface area contributed by atoms with Crippen molar-refractivity contribution in [3.8, 4) is 0 Å². The molecule has 0 aliphatic carbocycles. The number of nitrogen functional groups attached to an aromatic ring is 1. The Morgan fingerprint density at radius 1 is 1.14 bits per heavy atom. The number of rotatable bonds is 2. The van der Waals surface area contributed by atoms with Gasteiger partial charge in [0, 0.05) is 25.2 Å². The Hall–Kier alpha value is -1.42. The summed E-state index contributed by atoms with van der Waals surface area (Å²) < 4.78 is 0. The molecule has 0 saturated heterocycles. The molecule has 0 fully saturated rings. The van der Waals surface area contributed by atoms with Gasteiger partial charge >= 0.3 is 11.9 Å². The van der Waals surface area contributed by atoms with Crippen molar-refractivity contribution in [2.75, 3.05) is 5.73 Å². The molecular formula is C8H7NO4Ru. The molecule has 0 amide bonds. The summed E-state index contributed by atoms with van der Waals surface area (Å²) in [6.07, 6.45) is 0. The smallest absolute Gasteiger partial charge is 0.337 e. The predicted molar refractivity (Wildman–Crippen MR) is 44.8 cm³/mol. The molecule has 0 aromatic heterocycles. The van der Waals surface area contributed by atoms with Crippen LogP contribution in [0.25, 0.3) is 0 Å². The van der Waals surface area contributed by atoms with Gasteiger partial charge in [-0.1, -0.05) is 0 Å². The summed E-state index contributed by atoms with van der Waals surface area (Å²) in [6.45, 7) is 0. The molecule has 4 N–H and O–H groups in total. The number of hydrogen-bond acceptors (Lipinski definition) is 3. The summed E-state index contributed by atoms with van der Waals surface area (Å²) in [4.78, 5) is 20.9. The van der Waals surface area contributed by atoms with Gasteiger partial charge in [-0.15, -0.1) is 0 Å². The fraction of sp³-hybridized carbons (Fsp3) is 0. The minimum atomic E-state index is -1.17. The van der Waals surface area contributed by atoms with Crippen LogP contribution in [-0.2, 0) is 19.5 Å². The van der Waals surface area contributed by atoms with Crippen molar-refractivity contribution in [2.45, 2.75) is 0 Å². The van der Waals surface area contributed by atoms with Crippen LogP contribution < -0.4 is 5.73 Å². The van der Waals surface area contributed by atoms with Crippen molar-refractivity contribution in [3.63, 3.8) is 0 Å². The molecule has 5 nitrogen and oxygen atoms in total. The van der Waals surface area contributed by atoms with Crippen LogP contribution in [0.4, 0.5) is 5.69 Å². The number of hydrogen-bond donors (Lipinski definition) is 3. The predicted octanol–water partition coefficient (Wildman–Crippen LogP) is 0.663. The molecule has 0 radical (unpaired) electrons. The Bertz CT molecular complexity index is 378. The first kappa shape index (κ1) is 12.6. The third kappa shape index (κ3) is 2.53. The Kier molecular flexibility index (Phi) is 4.24. The van der Waals surface area contributed by atoms with E-state index in [2.05, 4.69) is 0 Å². The largest absolute Gasteiger partial charge is 0.478 e. The van der Waals surface area contributed by atoms with Crippen molar-refractivity contribution in [1.29, 1.82) is 0 Å². The minimum absolute atomic E-state index is 0. The number of carboxylic acid groups (broad SMARTS) is 2. The van der Waals surface area contributed by atoms with Crippen molar-refractivity contribution < 1.29 is 39.3 Å². The molecule has 14 heavy (non-hydrogen) atoms. The van der Waals surface area contributed by atoms with Crippen LogP contribution in [0.2, 0.25) is 0 Å². The zero-order valence-corrected chi connectivity index (χ0v) is 8.61. The Labute approximate surface area is 92.3 Å². The molecule has 1 aromatic carbocycles. The number of anilines is 1. The van der Waals surface area contributed by atoms with Gasteiger partial charge in [0.1, 0.15) is 0 Å². The van der Waals surface area contributed by atoms with E-state index in [1.54, 1.807) is 0 Å². The second-order valence-corrected chi connectivity index (χ2v) is 2.41. The third-order valence-corrected chi connectivity index (χ3v) is 1.53. The number of benzene rings is 1. The van der Waals surface area contributed by atoms with E-state index in [0.29, 0.717) is 0 Å². The summed E-state index contributed by atoms with van der Waals surface area (Å²) in [5.74, 6) is -2.31. The van der Waals surface area contributed by atoms with Crippen LogP contribution in [0.3, 0.4) is 0 Å². The zero-order valence-electron chi connectivity index (χ0n) is 6.87. The fourth-order valence-corrected chi connectivity index (χ4v) is 0.891. The molecule has 0 spiro atoms. The number of carbonyl (C=O) groups is 2. The first-order chi connectivity index (χ1) is 6.02. The van der Waals surface area contributed by atoms with Crippen LogP contribution >= 0.6 is 0 Å². The molecule has 6 heteroatoms. The molecule has 0 aliphatic heterocycles. The summed E-state index contributed by atoms with van der Waals surface area (Å²) in [6, 6.07) is 3.48. The Balaban J connectivity index is 0.00000169. The van der Waals surface area contributed by atoms with Gasteiger partial charge in [0.05, 0.1) is 11.1 Å². The van der Waals surface area contributed by atoms with E-state index in [9.17, 15) is 9.59 Å². The van der Waals surface area contributed by atoms with Crippen LogP contribution in [-0.4, -0.2) is 22.2 Å². The SMILES string of the molecule is Nc1cc(C(=O)O)ccc1C(=O)O.[Ru]. The van der Waals surface area contributed by atoms with Crippen LogP contribution in [0.15, 0.2) is 18.2 Å². The average Bonchev–Trinajstić information content (AvgIpc) is 2.03. The van der Waals surface area contributed by atoms with Crippen molar-refractivity contribution in [1.82, 2.24) is 0 Å². The average molecular weight is 282 g/mol. The van der Waals surface area contributed by atoms with Crippen LogP contribution in [0, 0.1) is 0 Å². The molecule has 1 rings (SSSR count). The van der Waals surface area contributed by atoms with Gasteiger partial charge in [0.15, 0.2) is 0 Å². The third-order valence-electron chi connectivity index (χ3n) is 1.53. The van der Waals surface area contributed by atoms with E-state index >= 15 is 0 Å². The maximum Gasteiger partial charge on any atom is 0.337 e. The zero-order chi connectivity index (χ0) is 10.0. The second-order valence-electron chi connectivity index (χ2n) is 2.41. The van der Waals surface area contributed by atoms with Gasteiger partial charge in [-0.05, 0) is 18.2 Å². The summed E-state index contributed by atoms with van der Waals surface area (Å²) in [5, 5.41) is 17.1. The second kappa shape index (κ2) is 4.72. The summed E-state index contributed by atoms with van der Waals surface area (Å²) in [7, 11) is 0. The fourth-order valence-electron chi connectivity index (χ4n) is 0.891. The molecular weight excluding hydrogens is 275 g/mol. The van der Waals surface area contributed by atoms with Crippen molar-refractivity contribution in [3.05, 3.63) is 29.3 Å². The summed E-state index contributed by atoms with van der Waals surface area (Å²) in [5.41, 5.74) is 5.15. The maximum absolute atomic E-state index is 10.5. The monoisotopic (exact) mass is 283 g/mol. The minimum Gasteiger partial charge on any atom is -0.478 e. The van der Waals surface area contributed by atoms with Crippen molar-refractivity contribution in [2.24, 2.45) is 0 Å². The van der Waals surface area contributed by atoms with E-state index in [4.69, 9.17) is 15.9 Å². The first-order valence-electron chi connectivity index (χ1n) is 3.38. The molecule has 0 unspecified atom stereocenters. The normalized spacial score (nSPS) is 8.86. The Morgan fingerprint density at radius 2 is 1.71 bits per heavy atom. The van der Waals surface area contributed by atoms with Gasteiger partial charge in [-0.3, -0.25) is 0 Å². The quantitative estimate of drug-likeness (QED) is 0.546. The van der Waals surface area contributed by atoms with E-state index in [-0.39, 0.29) is 36.3 Å². The van der Waals surface area contributed by atoms with E-state index in [1.807, 2.05) is 0 Å². The maximum atomic E-state index is 10.5. The standard InChI is InChI=1S/C8H7NO4.Ru/c9-6-3-4(7(10)11)1-2-5(6)8(12)13;/h1-3H,9H2,(H,10,11)(H,12,13);. The van der Waals surface area contributed by atoms with Gasteiger partial charge in [-0.25, -0.2) is 9.59 Å². The Morgan fingerprint density at radius 3 is 2.07 bits per heavy atom. The van der Waals surface area contributed by atoms with Gasteiger partial charge in [-0.2, -0.15) is 0 Å². The van der Waals surface area contributed by atoms with E-state index < -0.39 is 11.9 Å².